The predicted molar refractivity (Wildman–Crippen MR) is 52.0 cm³/mol. The number of hydrogen-bond acceptors (Lipinski definition) is 1. The number of hydrogen-bond donors (Lipinski definition) is 1. The van der Waals surface area contributed by atoms with Crippen molar-refractivity contribution >= 4 is 0 Å². The van der Waals surface area contributed by atoms with Gasteiger partial charge >= 0.3 is 0 Å². The van der Waals surface area contributed by atoms with Gasteiger partial charge < -0.3 is 5.11 Å². The molecule has 0 bridgehead atoms. The summed E-state index contributed by atoms with van der Waals surface area (Å²) in [6.07, 6.45) is 10.4. The topological polar surface area (TPSA) is 20.2 Å². The third-order valence-electron chi connectivity index (χ3n) is 2.22. The second kappa shape index (κ2) is 3.90. The summed E-state index contributed by atoms with van der Waals surface area (Å²) in [6, 6.07) is 0. The minimum atomic E-state index is -0.599. The summed E-state index contributed by atoms with van der Waals surface area (Å²) < 4.78 is 0. The molecule has 0 aliphatic heterocycles. The van der Waals surface area contributed by atoms with Crippen LogP contribution in [-0.2, 0) is 0 Å². The molecule has 1 N–H and O–H groups in total. The van der Waals surface area contributed by atoms with E-state index in [1.807, 2.05) is 19.1 Å². The van der Waals surface area contributed by atoms with Gasteiger partial charge in [0.05, 0.1) is 5.60 Å². The van der Waals surface area contributed by atoms with E-state index in [1.165, 1.54) is 18.4 Å². The fourth-order valence-electron chi connectivity index (χ4n) is 1.54. The van der Waals surface area contributed by atoms with Gasteiger partial charge in [-0.3, -0.25) is 0 Å². The lowest BCUT2D eigenvalue weighted by Crippen LogP contribution is -2.23. The van der Waals surface area contributed by atoms with Crippen LogP contribution in [-0.4, -0.2) is 10.7 Å². The molecule has 0 spiro atoms. The SMILES string of the molecule is CCCCC1=CC=CC(C)(O)C1. The van der Waals surface area contributed by atoms with Crippen molar-refractivity contribution in [3.05, 3.63) is 23.8 Å². The Hall–Kier alpha value is -0.560. The van der Waals surface area contributed by atoms with Gasteiger partial charge in [0, 0.05) is 6.42 Å². The van der Waals surface area contributed by atoms with Gasteiger partial charge in [-0.2, -0.15) is 0 Å². The van der Waals surface area contributed by atoms with Crippen LogP contribution in [0.15, 0.2) is 23.8 Å². The van der Waals surface area contributed by atoms with Gasteiger partial charge in [-0.15, -0.1) is 0 Å². The molecule has 1 atom stereocenters. The Morgan fingerprint density at radius 2 is 2.33 bits per heavy atom. The third kappa shape index (κ3) is 2.82. The van der Waals surface area contributed by atoms with Crippen LogP contribution in [0.5, 0.6) is 0 Å². The molecule has 0 fully saturated rings. The minimum Gasteiger partial charge on any atom is -0.386 e. The smallest absolute Gasteiger partial charge is 0.0839 e. The summed E-state index contributed by atoms with van der Waals surface area (Å²) in [5, 5.41) is 9.72. The quantitative estimate of drug-likeness (QED) is 0.683. The molecule has 0 aromatic rings. The zero-order valence-corrected chi connectivity index (χ0v) is 8.01. The standard InChI is InChI=1S/C11H18O/c1-3-4-6-10-7-5-8-11(2,12)9-10/h5,7-8,12H,3-4,6,9H2,1-2H3. The lowest BCUT2D eigenvalue weighted by Gasteiger charge is -2.23. The van der Waals surface area contributed by atoms with E-state index in [1.54, 1.807) is 0 Å². The minimum absolute atomic E-state index is 0.599. The van der Waals surface area contributed by atoms with E-state index in [9.17, 15) is 5.11 Å². The van der Waals surface area contributed by atoms with Gasteiger partial charge in [-0.25, -0.2) is 0 Å². The van der Waals surface area contributed by atoms with Crippen LogP contribution in [0.4, 0.5) is 0 Å². The molecule has 0 aromatic heterocycles. The Morgan fingerprint density at radius 3 is 2.92 bits per heavy atom. The zero-order valence-electron chi connectivity index (χ0n) is 8.01. The van der Waals surface area contributed by atoms with Gasteiger partial charge in [0.2, 0.25) is 0 Å². The summed E-state index contributed by atoms with van der Waals surface area (Å²) in [5.74, 6) is 0. The Morgan fingerprint density at radius 1 is 1.58 bits per heavy atom. The van der Waals surface area contributed by atoms with Gasteiger partial charge in [0.15, 0.2) is 0 Å². The average Bonchev–Trinajstić information content (AvgIpc) is 1.99. The van der Waals surface area contributed by atoms with Crippen molar-refractivity contribution in [2.75, 3.05) is 0 Å². The van der Waals surface area contributed by atoms with Crippen molar-refractivity contribution < 1.29 is 5.11 Å². The van der Waals surface area contributed by atoms with Crippen LogP contribution in [0.2, 0.25) is 0 Å². The molecule has 1 heteroatoms. The molecule has 0 heterocycles. The highest BCUT2D eigenvalue weighted by atomic mass is 16.3. The van der Waals surface area contributed by atoms with Gasteiger partial charge in [0.25, 0.3) is 0 Å². The molecule has 68 valence electrons. The van der Waals surface area contributed by atoms with Crippen LogP contribution in [0.25, 0.3) is 0 Å². The molecule has 1 aliphatic rings. The molecule has 1 unspecified atom stereocenters. The Balaban J connectivity index is 2.46. The highest BCUT2D eigenvalue weighted by Crippen LogP contribution is 2.25. The highest BCUT2D eigenvalue weighted by molar-refractivity contribution is 5.24. The van der Waals surface area contributed by atoms with Crippen molar-refractivity contribution in [2.45, 2.75) is 45.1 Å². The summed E-state index contributed by atoms with van der Waals surface area (Å²) in [4.78, 5) is 0. The van der Waals surface area contributed by atoms with Crippen LogP contribution in [0.3, 0.4) is 0 Å². The number of allylic oxidation sites excluding steroid dienone is 2. The van der Waals surface area contributed by atoms with E-state index in [0.717, 1.165) is 12.8 Å². The second-order valence-corrected chi connectivity index (χ2v) is 3.82. The van der Waals surface area contributed by atoms with Crippen LogP contribution < -0.4 is 0 Å². The lowest BCUT2D eigenvalue weighted by atomic mass is 9.89. The maximum Gasteiger partial charge on any atom is 0.0839 e. The van der Waals surface area contributed by atoms with Crippen LogP contribution >= 0.6 is 0 Å². The van der Waals surface area contributed by atoms with E-state index in [2.05, 4.69) is 13.0 Å². The van der Waals surface area contributed by atoms with Crippen molar-refractivity contribution in [2.24, 2.45) is 0 Å². The Labute approximate surface area is 74.8 Å². The molecule has 1 rings (SSSR count). The molecule has 0 saturated carbocycles. The first-order chi connectivity index (χ1) is 5.64. The molecule has 0 radical (unpaired) electrons. The first kappa shape index (κ1) is 9.53. The number of unbranched alkanes of at least 4 members (excludes halogenated alkanes) is 1. The summed E-state index contributed by atoms with van der Waals surface area (Å²) in [5.41, 5.74) is 0.780. The summed E-state index contributed by atoms with van der Waals surface area (Å²) >= 11 is 0. The summed E-state index contributed by atoms with van der Waals surface area (Å²) in [7, 11) is 0. The first-order valence-electron chi connectivity index (χ1n) is 4.74. The van der Waals surface area contributed by atoms with Crippen molar-refractivity contribution in [3.63, 3.8) is 0 Å². The monoisotopic (exact) mass is 166 g/mol. The van der Waals surface area contributed by atoms with E-state index >= 15 is 0 Å². The lowest BCUT2D eigenvalue weighted by molar-refractivity contribution is 0.110. The predicted octanol–water partition coefficient (Wildman–Crippen LogP) is 2.81. The Kier molecular flexibility index (Phi) is 3.10. The number of rotatable bonds is 3. The van der Waals surface area contributed by atoms with Crippen LogP contribution in [0, 0.1) is 0 Å². The Bertz CT molecular complexity index is 199. The number of aliphatic hydroxyl groups is 1. The molecule has 0 aromatic carbocycles. The zero-order chi connectivity index (χ0) is 9.03. The third-order valence-corrected chi connectivity index (χ3v) is 2.22. The van der Waals surface area contributed by atoms with Crippen molar-refractivity contribution in [1.29, 1.82) is 0 Å². The normalized spacial score (nSPS) is 28.8. The first-order valence-corrected chi connectivity index (χ1v) is 4.74. The van der Waals surface area contributed by atoms with Crippen molar-refractivity contribution in [3.8, 4) is 0 Å². The maximum absolute atomic E-state index is 9.72. The molecule has 12 heavy (non-hydrogen) atoms. The molecule has 1 aliphatic carbocycles. The molecule has 0 saturated heterocycles. The van der Waals surface area contributed by atoms with Crippen molar-refractivity contribution in [1.82, 2.24) is 0 Å². The highest BCUT2D eigenvalue weighted by Gasteiger charge is 2.19. The van der Waals surface area contributed by atoms with E-state index in [0.29, 0.717) is 0 Å². The average molecular weight is 166 g/mol. The summed E-state index contributed by atoms with van der Waals surface area (Å²) in [6.45, 7) is 4.06. The van der Waals surface area contributed by atoms with E-state index in [-0.39, 0.29) is 0 Å². The molecule has 1 nitrogen and oxygen atoms in total. The van der Waals surface area contributed by atoms with Gasteiger partial charge in [0.1, 0.15) is 0 Å². The molecular weight excluding hydrogens is 148 g/mol. The van der Waals surface area contributed by atoms with Gasteiger partial charge in [-0.05, 0) is 19.8 Å². The van der Waals surface area contributed by atoms with E-state index < -0.39 is 5.60 Å². The molecule has 0 amide bonds. The fraction of sp³-hybridized carbons (Fsp3) is 0.636. The second-order valence-electron chi connectivity index (χ2n) is 3.82. The largest absolute Gasteiger partial charge is 0.386 e. The van der Waals surface area contributed by atoms with E-state index in [4.69, 9.17) is 0 Å². The fourth-order valence-corrected chi connectivity index (χ4v) is 1.54. The van der Waals surface area contributed by atoms with Gasteiger partial charge in [-0.1, -0.05) is 37.1 Å². The molecular formula is C11H18O. The maximum atomic E-state index is 9.72. The van der Waals surface area contributed by atoms with Crippen LogP contribution in [0.1, 0.15) is 39.5 Å².